The molecular formula is C18H21BrN2O3. The van der Waals surface area contributed by atoms with E-state index in [1.165, 1.54) is 0 Å². The van der Waals surface area contributed by atoms with E-state index < -0.39 is 6.10 Å². The topological polar surface area (TPSA) is 84.6 Å². The minimum absolute atomic E-state index is 0.231. The Hall–Kier alpha value is -1.89. The number of ether oxygens (including phenoxy) is 1. The molecule has 2 aromatic rings. The third-order valence-electron chi connectivity index (χ3n) is 3.42. The van der Waals surface area contributed by atoms with Crippen LogP contribution in [0.2, 0.25) is 0 Å². The molecule has 6 heteroatoms. The van der Waals surface area contributed by atoms with Crippen LogP contribution in [-0.4, -0.2) is 30.7 Å². The first-order valence-corrected chi connectivity index (χ1v) is 8.48. The normalized spacial score (nSPS) is 11.9. The van der Waals surface area contributed by atoms with Crippen LogP contribution < -0.4 is 15.8 Å². The number of hydrogen-bond acceptors (Lipinski definition) is 4. The number of nitrogens with one attached hydrogen (secondary N) is 1. The zero-order chi connectivity index (χ0) is 17.4. The fourth-order valence-corrected chi connectivity index (χ4v) is 2.63. The summed E-state index contributed by atoms with van der Waals surface area (Å²) in [7, 11) is 0. The highest BCUT2D eigenvalue weighted by Gasteiger charge is 2.07. The van der Waals surface area contributed by atoms with Gasteiger partial charge in [0.15, 0.2) is 0 Å². The Morgan fingerprint density at radius 1 is 1.25 bits per heavy atom. The zero-order valence-corrected chi connectivity index (χ0v) is 14.8. The molecule has 0 aliphatic carbocycles. The molecule has 4 N–H and O–H groups in total. The molecule has 0 spiro atoms. The lowest BCUT2D eigenvalue weighted by molar-refractivity contribution is -0.117. The van der Waals surface area contributed by atoms with Gasteiger partial charge >= 0.3 is 0 Å². The van der Waals surface area contributed by atoms with Crippen molar-refractivity contribution < 1.29 is 14.6 Å². The van der Waals surface area contributed by atoms with E-state index in [1.807, 2.05) is 48.5 Å². The number of aliphatic hydroxyl groups is 1. The second-order valence-electron chi connectivity index (χ2n) is 5.41. The first-order chi connectivity index (χ1) is 11.5. The van der Waals surface area contributed by atoms with E-state index in [-0.39, 0.29) is 12.3 Å². The number of halogens is 1. The van der Waals surface area contributed by atoms with Gasteiger partial charge in [-0.2, -0.15) is 0 Å². The number of rotatable bonds is 9. The molecule has 2 rings (SSSR count). The minimum atomic E-state index is -0.560. The van der Waals surface area contributed by atoms with Gasteiger partial charge in [-0.05, 0) is 35.4 Å². The van der Waals surface area contributed by atoms with Crippen LogP contribution in [0.5, 0.6) is 5.75 Å². The molecular weight excluding hydrogens is 372 g/mol. The highest BCUT2D eigenvalue weighted by Crippen LogP contribution is 2.17. The van der Waals surface area contributed by atoms with Crippen molar-refractivity contribution in [1.29, 1.82) is 0 Å². The van der Waals surface area contributed by atoms with Gasteiger partial charge in [-0.3, -0.25) is 4.79 Å². The molecule has 128 valence electrons. The molecule has 0 fully saturated rings. The maximum absolute atomic E-state index is 10.8. The second-order valence-corrected chi connectivity index (χ2v) is 6.33. The molecule has 1 unspecified atom stereocenters. The molecule has 0 heterocycles. The predicted molar refractivity (Wildman–Crippen MR) is 96.8 cm³/mol. The van der Waals surface area contributed by atoms with Crippen LogP contribution >= 0.6 is 15.9 Å². The van der Waals surface area contributed by atoms with Crippen molar-refractivity contribution in [2.75, 3.05) is 19.7 Å². The van der Waals surface area contributed by atoms with E-state index in [9.17, 15) is 9.90 Å². The quantitative estimate of drug-likeness (QED) is 0.571. The molecule has 0 radical (unpaired) electrons. The van der Waals surface area contributed by atoms with Crippen molar-refractivity contribution in [1.82, 2.24) is 5.32 Å². The first-order valence-electron chi connectivity index (χ1n) is 7.69. The van der Waals surface area contributed by atoms with E-state index in [1.54, 1.807) is 0 Å². The summed E-state index contributed by atoms with van der Waals surface area (Å²) in [6, 6.07) is 14.9. The molecule has 1 atom stereocenters. The molecule has 0 saturated heterocycles. The second kappa shape index (κ2) is 9.42. The summed E-state index contributed by atoms with van der Waals surface area (Å²) < 4.78 is 6.55. The number of amides is 1. The summed E-state index contributed by atoms with van der Waals surface area (Å²) in [6.07, 6.45) is -0.328. The Labute approximate surface area is 150 Å². The smallest absolute Gasteiger partial charge is 0.221 e. The van der Waals surface area contributed by atoms with Gasteiger partial charge in [0.05, 0.1) is 12.5 Å². The lowest BCUT2D eigenvalue weighted by atomic mass is 10.1. The predicted octanol–water partition coefficient (Wildman–Crippen LogP) is 2.18. The molecule has 2 aromatic carbocycles. The Bertz CT molecular complexity index is 662. The standard InChI is InChI=1S/C18H21BrN2O3/c19-15-3-1-2-14(11-15)17(22)12-21-8-9-24-16-6-4-13(5-7-16)10-18(20)23/h1-7,11,17,21-22H,8-10,12H2,(H2,20,23). The Balaban J connectivity index is 1.66. The van der Waals surface area contributed by atoms with E-state index >= 15 is 0 Å². The van der Waals surface area contributed by atoms with Gasteiger partial charge in [0.2, 0.25) is 5.91 Å². The van der Waals surface area contributed by atoms with Crippen LogP contribution in [0.1, 0.15) is 17.2 Å². The van der Waals surface area contributed by atoms with Crippen LogP contribution in [0.15, 0.2) is 53.0 Å². The SMILES string of the molecule is NC(=O)Cc1ccc(OCCNCC(O)c2cccc(Br)c2)cc1. The van der Waals surface area contributed by atoms with Crippen molar-refractivity contribution in [3.63, 3.8) is 0 Å². The maximum Gasteiger partial charge on any atom is 0.221 e. The molecule has 0 aliphatic heterocycles. The van der Waals surface area contributed by atoms with Crippen molar-refractivity contribution in [3.05, 3.63) is 64.1 Å². The molecule has 1 amide bonds. The monoisotopic (exact) mass is 392 g/mol. The summed E-state index contributed by atoms with van der Waals surface area (Å²) in [5, 5.41) is 13.3. The van der Waals surface area contributed by atoms with Crippen molar-refractivity contribution in [2.24, 2.45) is 5.73 Å². The van der Waals surface area contributed by atoms with Crippen LogP contribution in [0, 0.1) is 0 Å². The average Bonchev–Trinajstić information content (AvgIpc) is 2.55. The number of hydrogen-bond donors (Lipinski definition) is 3. The molecule has 0 bridgehead atoms. The molecule has 5 nitrogen and oxygen atoms in total. The highest BCUT2D eigenvalue weighted by atomic mass is 79.9. The summed E-state index contributed by atoms with van der Waals surface area (Å²) >= 11 is 3.39. The highest BCUT2D eigenvalue weighted by molar-refractivity contribution is 9.10. The van der Waals surface area contributed by atoms with Crippen LogP contribution in [0.4, 0.5) is 0 Å². The van der Waals surface area contributed by atoms with Crippen molar-refractivity contribution in [3.8, 4) is 5.75 Å². The number of primary amides is 1. The number of aliphatic hydroxyl groups excluding tert-OH is 1. The lowest BCUT2D eigenvalue weighted by Crippen LogP contribution is -2.26. The largest absolute Gasteiger partial charge is 0.492 e. The zero-order valence-electron chi connectivity index (χ0n) is 13.2. The van der Waals surface area contributed by atoms with Gasteiger partial charge < -0.3 is 20.9 Å². The Morgan fingerprint density at radius 3 is 2.67 bits per heavy atom. The fourth-order valence-electron chi connectivity index (χ4n) is 2.22. The van der Waals surface area contributed by atoms with Crippen LogP contribution in [0.3, 0.4) is 0 Å². The summed E-state index contributed by atoms with van der Waals surface area (Å²) in [5.41, 5.74) is 6.88. The summed E-state index contributed by atoms with van der Waals surface area (Å²) in [5.74, 6) is 0.384. The van der Waals surface area contributed by atoms with Gasteiger partial charge in [0.1, 0.15) is 12.4 Å². The molecule has 0 aromatic heterocycles. The molecule has 24 heavy (non-hydrogen) atoms. The summed E-state index contributed by atoms with van der Waals surface area (Å²) in [6.45, 7) is 1.56. The lowest BCUT2D eigenvalue weighted by Gasteiger charge is -2.13. The van der Waals surface area contributed by atoms with E-state index in [4.69, 9.17) is 10.5 Å². The Morgan fingerprint density at radius 2 is 2.00 bits per heavy atom. The maximum atomic E-state index is 10.8. The summed E-state index contributed by atoms with van der Waals surface area (Å²) in [4.78, 5) is 10.8. The number of carbonyl (C=O) groups excluding carboxylic acids is 1. The third-order valence-corrected chi connectivity index (χ3v) is 3.91. The first kappa shape index (κ1) is 18.4. The van der Waals surface area contributed by atoms with Gasteiger partial charge in [-0.15, -0.1) is 0 Å². The average molecular weight is 393 g/mol. The third kappa shape index (κ3) is 6.31. The number of benzene rings is 2. The fraction of sp³-hybridized carbons (Fsp3) is 0.278. The van der Waals surface area contributed by atoms with Gasteiger partial charge in [-0.25, -0.2) is 0 Å². The van der Waals surface area contributed by atoms with Gasteiger partial charge in [-0.1, -0.05) is 40.2 Å². The van der Waals surface area contributed by atoms with E-state index in [0.717, 1.165) is 21.3 Å². The molecule has 0 aliphatic rings. The minimum Gasteiger partial charge on any atom is -0.492 e. The van der Waals surface area contributed by atoms with Gasteiger partial charge in [0.25, 0.3) is 0 Å². The van der Waals surface area contributed by atoms with Crippen LogP contribution in [0.25, 0.3) is 0 Å². The van der Waals surface area contributed by atoms with Crippen molar-refractivity contribution in [2.45, 2.75) is 12.5 Å². The Kier molecular flexibility index (Phi) is 7.24. The van der Waals surface area contributed by atoms with Crippen LogP contribution in [-0.2, 0) is 11.2 Å². The number of carbonyl (C=O) groups is 1. The van der Waals surface area contributed by atoms with Gasteiger partial charge in [0, 0.05) is 17.6 Å². The van der Waals surface area contributed by atoms with Crippen molar-refractivity contribution >= 4 is 21.8 Å². The number of nitrogens with two attached hydrogens (primary N) is 1. The molecule has 0 saturated carbocycles. The van der Waals surface area contributed by atoms with E-state index in [2.05, 4.69) is 21.2 Å². The van der Waals surface area contributed by atoms with E-state index in [0.29, 0.717) is 19.7 Å².